The molecule has 2 aliphatic rings. The molecule has 1 aliphatic carbocycles. The van der Waals surface area contributed by atoms with Gasteiger partial charge in [0, 0.05) is 13.1 Å². The molecule has 0 amide bonds. The third kappa shape index (κ3) is 2.99. The van der Waals surface area contributed by atoms with Crippen LogP contribution < -0.4 is 10.1 Å². The van der Waals surface area contributed by atoms with Crippen LogP contribution in [0, 0.1) is 0 Å². The maximum Gasteiger partial charge on any atom is 0.162 e. The summed E-state index contributed by atoms with van der Waals surface area (Å²) in [5.41, 5.74) is 2.18. The number of nitrogens with one attached hydrogen (secondary N) is 1. The van der Waals surface area contributed by atoms with E-state index in [9.17, 15) is 0 Å². The normalized spacial score (nSPS) is 20.7. The number of ether oxygens (including phenoxy) is 2. The van der Waals surface area contributed by atoms with Crippen LogP contribution in [0.4, 0.5) is 0 Å². The van der Waals surface area contributed by atoms with Crippen molar-refractivity contribution in [2.24, 2.45) is 0 Å². The van der Waals surface area contributed by atoms with E-state index in [1.54, 1.807) is 7.11 Å². The Balaban J connectivity index is 1.59. The lowest BCUT2D eigenvalue weighted by molar-refractivity contribution is 0.0208. The zero-order valence-corrected chi connectivity index (χ0v) is 16.0. The molecule has 1 saturated carbocycles. The van der Waals surface area contributed by atoms with Crippen LogP contribution in [0.1, 0.15) is 36.2 Å². The van der Waals surface area contributed by atoms with E-state index in [0.717, 1.165) is 49.0 Å². The molecule has 2 fully saturated rings. The molecule has 0 bridgehead atoms. The Kier molecular flexibility index (Phi) is 4.37. The minimum absolute atomic E-state index is 0.0736. The van der Waals surface area contributed by atoms with Gasteiger partial charge in [0.1, 0.15) is 11.9 Å². The van der Waals surface area contributed by atoms with E-state index in [1.165, 1.54) is 5.56 Å². The molecule has 2 aromatic carbocycles. The maximum atomic E-state index is 6.01. The van der Waals surface area contributed by atoms with E-state index in [0.29, 0.717) is 6.61 Å². The predicted octanol–water partition coefficient (Wildman–Crippen LogP) is 3.02. The number of methoxy groups -OCH3 is 1. The van der Waals surface area contributed by atoms with Crippen LogP contribution in [0.5, 0.6) is 5.75 Å². The van der Waals surface area contributed by atoms with Crippen molar-refractivity contribution in [3.63, 3.8) is 0 Å². The Morgan fingerprint density at radius 3 is 2.54 bits per heavy atom. The molecule has 6 nitrogen and oxygen atoms in total. The summed E-state index contributed by atoms with van der Waals surface area (Å²) >= 11 is 0. The number of aromatic nitrogens is 3. The number of nitrogens with zero attached hydrogens (tertiary/aromatic N) is 3. The van der Waals surface area contributed by atoms with E-state index < -0.39 is 0 Å². The average Bonchev–Trinajstić information content (AvgIpc) is 3.47. The van der Waals surface area contributed by atoms with Gasteiger partial charge in [0.15, 0.2) is 11.6 Å². The van der Waals surface area contributed by atoms with Crippen molar-refractivity contribution < 1.29 is 9.47 Å². The second-order valence-corrected chi connectivity index (χ2v) is 7.42. The molecule has 144 valence electrons. The summed E-state index contributed by atoms with van der Waals surface area (Å²) in [6.45, 7) is 2.29. The van der Waals surface area contributed by atoms with Crippen molar-refractivity contribution in [1.29, 1.82) is 0 Å². The van der Waals surface area contributed by atoms with Crippen molar-refractivity contribution in [3.8, 4) is 11.4 Å². The molecule has 1 aliphatic heterocycles. The van der Waals surface area contributed by atoms with Crippen LogP contribution in [-0.4, -0.2) is 41.6 Å². The van der Waals surface area contributed by atoms with Gasteiger partial charge in [-0.15, -0.1) is 5.10 Å². The molecule has 6 heteroatoms. The highest BCUT2D eigenvalue weighted by molar-refractivity contribution is 5.42. The fraction of sp³-hybridized carbons (Fsp3) is 0.364. The van der Waals surface area contributed by atoms with Gasteiger partial charge in [-0.05, 0) is 42.7 Å². The van der Waals surface area contributed by atoms with Crippen LogP contribution in [0.2, 0.25) is 0 Å². The minimum Gasteiger partial charge on any atom is -0.497 e. The van der Waals surface area contributed by atoms with E-state index in [2.05, 4.69) is 35.6 Å². The van der Waals surface area contributed by atoms with E-state index >= 15 is 0 Å². The lowest BCUT2D eigenvalue weighted by Gasteiger charge is -2.23. The molecule has 1 atom stereocenters. The molecule has 0 spiro atoms. The molecule has 1 aromatic heterocycles. The van der Waals surface area contributed by atoms with Gasteiger partial charge in [0.05, 0.1) is 24.8 Å². The van der Waals surface area contributed by atoms with Crippen molar-refractivity contribution in [1.82, 2.24) is 20.1 Å². The van der Waals surface area contributed by atoms with Crippen molar-refractivity contribution in [2.45, 2.75) is 24.4 Å². The lowest BCUT2D eigenvalue weighted by atomic mass is 9.95. The first-order valence-corrected chi connectivity index (χ1v) is 9.80. The van der Waals surface area contributed by atoms with Gasteiger partial charge in [-0.25, -0.2) is 9.67 Å². The number of morpholine rings is 1. The fourth-order valence-electron chi connectivity index (χ4n) is 3.90. The van der Waals surface area contributed by atoms with Gasteiger partial charge in [-0.3, -0.25) is 0 Å². The quantitative estimate of drug-likeness (QED) is 0.742. The Bertz CT molecular complexity index is 942. The summed E-state index contributed by atoms with van der Waals surface area (Å²) in [6.07, 6.45) is 2.04. The van der Waals surface area contributed by atoms with E-state index in [1.807, 2.05) is 28.9 Å². The minimum atomic E-state index is -0.108. The summed E-state index contributed by atoms with van der Waals surface area (Å²) in [6, 6.07) is 18.5. The van der Waals surface area contributed by atoms with Crippen molar-refractivity contribution >= 4 is 0 Å². The Hall–Kier alpha value is -2.70. The molecule has 1 N–H and O–H groups in total. The third-order valence-electron chi connectivity index (χ3n) is 5.67. The Morgan fingerprint density at radius 2 is 1.89 bits per heavy atom. The van der Waals surface area contributed by atoms with Crippen LogP contribution in [0.15, 0.2) is 54.6 Å². The van der Waals surface area contributed by atoms with Gasteiger partial charge in [0.2, 0.25) is 0 Å². The van der Waals surface area contributed by atoms with E-state index in [4.69, 9.17) is 19.6 Å². The van der Waals surface area contributed by atoms with Crippen LogP contribution in [0.3, 0.4) is 0 Å². The van der Waals surface area contributed by atoms with Crippen LogP contribution >= 0.6 is 0 Å². The van der Waals surface area contributed by atoms with Gasteiger partial charge in [-0.1, -0.05) is 30.3 Å². The molecule has 5 rings (SSSR count). The van der Waals surface area contributed by atoms with Crippen LogP contribution in [-0.2, 0) is 10.2 Å². The summed E-state index contributed by atoms with van der Waals surface area (Å²) < 4.78 is 13.3. The zero-order valence-electron chi connectivity index (χ0n) is 16.0. The highest BCUT2D eigenvalue weighted by Crippen LogP contribution is 2.52. The number of hydrogen-bond donors (Lipinski definition) is 1. The second kappa shape index (κ2) is 7.04. The molecule has 28 heavy (non-hydrogen) atoms. The summed E-state index contributed by atoms with van der Waals surface area (Å²) in [5.74, 6) is 2.57. The van der Waals surface area contributed by atoms with E-state index in [-0.39, 0.29) is 11.5 Å². The molecule has 1 saturated heterocycles. The van der Waals surface area contributed by atoms with Gasteiger partial charge >= 0.3 is 0 Å². The zero-order chi connectivity index (χ0) is 19.0. The number of hydrogen-bond acceptors (Lipinski definition) is 5. The highest BCUT2D eigenvalue weighted by Gasteiger charge is 2.50. The molecule has 0 radical (unpaired) electrons. The maximum absolute atomic E-state index is 6.01. The largest absolute Gasteiger partial charge is 0.497 e. The summed E-state index contributed by atoms with van der Waals surface area (Å²) in [5, 5.41) is 8.38. The highest BCUT2D eigenvalue weighted by atomic mass is 16.5. The molecule has 2 heterocycles. The average molecular weight is 376 g/mol. The lowest BCUT2D eigenvalue weighted by Crippen LogP contribution is -2.34. The predicted molar refractivity (Wildman–Crippen MR) is 106 cm³/mol. The SMILES string of the molecule is COc1ccc(-n2nc(C3(c4ccccc4)CC3)nc2[C@@H]2CNCCO2)cc1. The number of rotatable bonds is 5. The van der Waals surface area contributed by atoms with Gasteiger partial charge in [0.25, 0.3) is 0 Å². The molecular formula is C22H24N4O2. The number of benzene rings is 2. The second-order valence-electron chi connectivity index (χ2n) is 7.42. The first-order chi connectivity index (χ1) is 13.8. The first-order valence-electron chi connectivity index (χ1n) is 9.80. The topological polar surface area (TPSA) is 61.2 Å². The van der Waals surface area contributed by atoms with Crippen LogP contribution in [0.25, 0.3) is 5.69 Å². The molecule has 0 unspecified atom stereocenters. The Morgan fingerprint density at radius 1 is 1.11 bits per heavy atom. The van der Waals surface area contributed by atoms with Gasteiger partial charge < -0.3 is 14.8 Å². The summed E-state index contributed by atoms with van der Waals surface area (Å²) in [4.78, 5) is 5.02. The summed E-state index contributed by atoms with van der Waals surface area (Å²) in [7, 11) is 1.67. The fourth-order valence-corrected chi connectivity index (χ4v) is 3.90. The molecule has 3 aromatic rings. The first kappa shape index (κ1) is 17.4. The Labute approximate surface area is 164 Å². The van der Waals surface area contributed by atoms with Crippen molar-refractivity contribution in [2.75, 3.05) is 26.8 Å². The van der Waals surface area contributed by atoms with Crippen molar-refractivity contribution in [3.05, 3.63) is 71.8 Å². The molecular weight excluding hydrogens is 352 g/mol. The third-order valence-corrected chi connectivity index (χ3v) is 5.67. The monoisotopic (exact) mass is 376 g/mol. The smallest absolute Gasteiger partial charge is 0.162 e. The standard InChI is InChI=1S/C22H24N4O2/c1-27-18-9-7-17(8-10-18)26-20(19-15-23-13-14-28-19)24-21(25-26)22(11-12-22)16-5-3-2-4-6-16/h2-10,19,23H,11-15H2,1H3/t19-/m0/s1. The van der Waals surface area contributed by atoms with Gasteiger partial charge in [-0.2, -0.15) is 0 Å².